The minimum absolute atomic E-state index is 0.382. The molecule has 1 aliphatic heterocycles. The van der Waals surface area contributed by atoms with Gasteiger partial charge in [-0.25, -0.2) is 0 Å². The van der Waals surface area contributed by atoms with Crippen LogP contribution in [0, 0.1) is 19.8 Å². The Morgan fingerprint density at radius 3 is 2.20 bits per heavy atom. The maximum absolute atomic E-state index is 9.77. The van der Waals surface area contributed by atoms with Gasteiger partial charge in [0, 0.05) is 32.2 Å². The van der Waals surface area contributed by atoms with E-state index in [-0.39, 0.29) is 0 Å². The van der Waals surface area contributed by atoms with Gasteiger partial charge in [-0.3, -0.25) is 4.90 Å². The van der Waals surface area contributed by atoms with Crippen LogP contribution in [0.3, 0.4) is 0 Å². The topological polar surface area (TPSA) is 35.5 Å². The molecule has 1 fully saturated rings. The molecule has 0 bridgehead atoms. The zero-order chi connectivity index (χ0) is 14.7. The number of aryl methyl sites for hydroxylation is 2. The first-order valence-corrected chi connectivity index (χ1v) is 7.74. The van der Waals surface area contributed by atoms with E-state index >= 15 is 0 Å². The lowest BCUT2D eigenvalue weighted by Crippen LogP contribution is -2.45. The van der Waals surface area contributed by atoms with Crippen LogP contribution in [0.25, 0.3) is 0 Å². The van der Waals surface area contributed by atoms with Crippen LogP contribution in [0.2, 0.25) is 0 Å². The number of phenols is 1. The molecule has 0 radical (unpaired) electrons. The Kier molecular flexibility index (Phi) is 5.06. The average Bonchev–Trinajstić information content (AvgIpc) is 2.37. The van der Waals surface area contributed by atoms with Crippen molar-refractivity contribution in [2.75, 3.05) is 26.2 Å². The zero-order valence-corrected chi connectivity index (χ0v) is 13.2. The van der Waals surface area contributed by atoms with Crippen LogP contribution < -0.4 is 5.32 Å². The number of piperazine rings is 1. The molecular formula is C17H28N2O. The highest BCUT2D eigenvalue weighted by Gasteiger charge is 2.25. The molecular weight excluding hydrogens is 248 g/mol. The minimum atomic E-state index is 0.382. The fraction of sp³-hybridized carbons (Fsp3) is 0.647. The molecule has 0 aromatic heterocycles. The molecule has 2 N–H and O–H groups in total. The molecule has 0 spiro atoms. The fourth-order valence-corrected chi connectivity index (χ4v) is 3.37. The van der Waals surface area contributed by atoms with E-state index in [2.05, 4.69) is 37.9 Å². The van der Waals surface area contributed by atoms with Gasteiger partial charge in [0.15, 0.2) is 0 Å². The molecule has 0 aliphatic carbocycles. The van der Waals surface area contributed by atoms with Crippen molar-refractivity contribution in [1.82, 2.24) is 10.2 Å². The van der Waals surface area contributed by atoms with E-state index in [0.717, 1.165) is 26.2 Å². The van der Waals surface area contributed by atoms with E-state index in [9.17, 15) is 5.11 Å². The van der Waals surface area contributed by atoms with Crippen molar-refractivity contribution in [3.05, 3.63) is 28.8 Å². The molecule has 2 rings (SSSR count). The van der Waals surface area contributed by atoms with Crippen molar-refractivity contribution in [2.45, 2.75) is 40.2 Å². The van der Waals surface area contributed by atoms with Gasteiger partial charge in [-0.15, -0.1) is 0 Å². The number of nitrogens with zero attached hydrogens (tertiary/aromatic N) is 1. The summed E-state index contributed by atoms with van der Waals surface area (Å²) in [6.45, 7) is 13.2. The summed E-state index contributed by atoms with van der Waals surface area (Å²) in [5.41, 5.74) is 3.84. The summed E-state index contributed by atoms with van der Waals surface area (Å²) in [5, 5.41) is 13.2. The quantitative estimate of drug-likeness (QED) is 0.887. The van der Waals surface area contributed by atoms with Crippen LogP contribution in [0.15, 0.2) is 12.1 Å². The summed E-state index contributed by atoms with van der Waals surface area (Å²) in [7, 11) is 0. The highest BCUT2D eigenvalue weighted by atomic mass is 16.3. The van der Waals surface area contributed by atoms with E-state index < -0.39 is 0 Å². The molecule has 1 aromatic carbocycles. The van der Waals surface area contributed by atoms with Crippen molar-refractivity contribution in [1.29, 1.82) is 0 Å². The van der Waals surface area contributed by atoms with Gasteiger partial charge < -0.3 is 10.4 Å². The first-order valence-electron chi connectivity index (χ1n) is 7.74. The number of aromatic hydroxyl groups is 1. The minimum Gasteiger partial charge on any atom is -0.508 e. The van der Waals surface area contributed by atoms with Gasteiger partial charge >= 0.3 is 0 Å². The molecule has 20 heavy (non-hydrogen) atoms. The molecule has 0 saturated carbocycles. The SMILES string of the molecule is Cc1cc(O)cc(C)c1[C@H](CC(C)C)N1CCNCC1. The predicted molar refractivity (Wildman–Crippen MR) is 84.2 cm³/mol. The molecule has 1 saturated heterocycles. The number of hydrogen-bond donors (Lipinski definition) is 2. The lowest BCUT2D eigenvalue weighted by Gasteiger charge is -2.37. The van der Waals surface area contributed by atoms with Crippen molar-refractivity contribution >= 4 is 0 Å². The summed E-state index contributed by atoms with van der Waals surface area (Å²) in [6.07, 6.45) is 1.17. The Morgan fingerprint density at radius 1 is 1.15 bits per heavy atom. The largest absolute Gasteiger partial charge is 0.508 e. The van der Waals surface area contributed by atoms with Crippen molar-refractivity contribution in [3.63, 3.8) is 0 Å². The molecule has 0 unspecified atom stereocenters. The normalized spacial score (nSPS) is 18.4. The van der Waals surface area contributed by atoms with Gasteiger partial charge in [0.25, 0.3) is 0 Å². The van der Waals surface area contributed by atoms with E-state index in [0.29, 0.717) is 17.7 Å². The van der Waals surface area contributed by atoms with Crippen LogP contribution in [0.4, 0.5) is 0 Å². The van der Waals surface area contributed by atoms with E-state index in [1.54, 1.807) is 0 Å². The summed E-state index contributed by atoms with van der Waals surface area (Å²) >= 11 is 0. The molecule has 3 nitrogen and oxygen atoms in total. The van der Waals surface area contributed by atoms with Gasteiger partial charge in [-0.1, -0.05) is 13.8 Å². The third kappa shape index (κ3) is 3.53. The number of phenolic OH excluding ortho intramolecular Hbond substituents is 1. The fourth-order valence-electron chi connectivity index (χ4n) is 3.37. The summed E-state index contributed by atoms with van der Waals surface area (Å²) in [6, 6.07) is 4.27. The second-order valence-electron chi connectivity index (χ2n) is 6.42. The number of hydrogen-bond acceptors (Lipinski definition) is 3. The Morgan fingerprint density at radius 2 is 1.70 bits per heavy atom. The molecule has 112 valence electrons. The highest BCUT2D eigenvalue weighted by Crippen LogP contribution is 2.34. The lowest BCUT2D eigenvalue weighted by molar-refractivity contribution is 0.153. The average molecular weight is 276 g/mol. The van der Waals surface area contributed by atoms with Crippen LogP contribution >= 0.6 is 0 Å². The first kappa shape index (κ1) is 15.3. The van der Waals surface area contributed by atoms with Gasteiger partial charge in [0.2, 0.25) is 0 Å². The summed E-state index contributed by atoms with van der Waals surface area (Å²) in [5.74, 6) is 1.05. The molecule has 0 amide bonds. The summed E-state index contributed by atoms with van der Waals surface area (Å²) < 4.78 is 0. The van der Waals surface area contributed by atoms with Crippen LogP contribution in [0.5, 0.6) is 5.75 Å². The zero-order valence-electron chi connectivity index (χ0n) is 13.2. The molecule has 1 aliphatic rings. The second-order valence-corrected chi connectivity index (χ2v) is 6.42. The van der Waals surface area contributed by atoms with Crippen LogP contribution in [-0.4, -0.2) is 36.2 Å². The Hall–Kier alpha value is -1.06. The van der Waals surface area contributed by atoms with E-state index in [1.165, 1.54) is 23.1 Å². The van der Waals surface area contributed by atoms with Gasteiger partial charge in [-0.05, 0) is 55.0 Å². The standard InChI is InChI=1S/C17H28N2O/c1-12(2)9-16(19-7-5-18-6-8-19)17-13(3)10-15(20)11-14(17)4/h10-12,16,18,20H,5-9H2,1-4H3/t16-/m0/s1. The highest BCUT2D eigenvalue weighted by molar-refractivity contribution is 5.42. The van der Waals surface area contributed by atoms with Gasteiger partial charge in [0.1, 0.15) is 5.75 Å². The Labute approximate surface area is 123 Å². The molecule has 1 atom stereocenters. The smallest absolute Gasteiger partial charge is 0.116 e. The van der Waals surface area contributed by atoms with E-state index in [1.807, 2.05) is 12.1 Å². The van der Waals surface area contributed by atoms with Crippen molar-refractivity contribution < 1.29 is 5.11 Å². The monoisotopic (exact) mass is 276 g/mol. The molecule has 1 aromatic rings. The predicted octanol–water partition coefficient (Wildman–Crippen LogP) is 3.00. The van der Waals surface area contributed by atoms with Gasteiger partial charge in [-0.2, -0.15) is 0 Å². The first-order chi connectivity index (χ1) is 9.49. The maximum Gasteiger partial charge on any atom is 0.116 e. The van der Waals surface area contributed by atoms with Crippen LogP contribution in [0.1, 0.15) is 43.0 Å². The number of nitrogens with one attached hydrogen (secondary N) is 1. The lowest BCUT2D eigenvalue weighted by atomic mass is 9.89. The van der Waals surface area contributed by atoms with E-state index in [4.69, 9.17) is 0 Å². The maximum atomic E-state index is 9.77. The molecule has 3 heteroatoms. The van der Waals surface area contributed by atoms with Crippen LogP contribution in [-0.2, 0) is 0 Å². The number of benzene rings is 1. The van der Waals surface area contributed by atoms with Gasteiger partial charge in [0.05, 0.1) is 0 Å². The third-order valence-electron chi connectivity index (χ3n) is 4.20. The molecule has 1 heterocycles. The van der Waals surface area contributed by atoms with Crippen molar-refractivity contribution in [2.24, 2.45) is 5.92 Å². The number of rotatable bonds is 4. The summed E-state index contributed by atoms with van der Waals surface area (Å²) in [4.78, 5) is 2.60. The Balaban J connectivity index is 2.35. The second kappa shape index (κ2) is 6.59. The Bertz CT molecular complexity index is 427. The van der Waals surface area contributed by atoms with Crippen molar-refractivity contribution in [3.8, 4) is 5.75 Å². The third-order valence-corrected chi connectivity index (χ3v) is 4.20.